The molecule has 18 heavy (non-hydrogen) atoms. The quantitative estimate of drug-likeness (QED) is 0.845. The van der Waals surface area contributed by atoms with Gasteiger partial charge in [-0.2, -0.15) is 0 Å². The molecule has 92 valence electrons. The molecule has 0 amide bonds. The first-order valence-electron chi connectivity index (χ1n) is 6.43. The first-order chi connectivity index (χ1) is 8.84. The maximum absolute atomic E-state index is 5.92. The van der Waals surface area contributed by atoms with E-state index in [1.54, 1.807) is 6.20 Å². The summed E-state index contributed by atoms with van der Waals surface area (Å²) in [5.74, 6) is 0.747. The summed E-state index contributed by atoms with van der Waals surface area (Å²) in [5, 5.41) is 3.36. The van der Waals surface area contributed by atoms with Crippen LogP contribution in [0.3, 0.4) is 0 Å². The molecule has 1 aliphatic carbocycles. The second-order valence-electron chi connectivity index (χ2n) is 4.72. The van der Waals surface area contributed by atoms with Gasteiger partial charge in [0.05, 0.1) is 5.69 Å². The Morgan fingerprint density at radius 2 is 1.94 bits per heavy atom. The van der Waals surface area contributed by atoms with Crippen molar-refractivity contribution in [3.63, 3.8) is 0 Å². The third-order valence-electron chi connectivity index (χ3n) is 3.49. The number of nitrogens with two attached hydrogens (primary N) is 1. The Bertz CT molecular complexity index is 563. The molecule has 3 rings (SSSR count). The van der Waals surface area contributed by atoms with Crippen LogP contribution in [0.25, 0.3) is 0 Å². The number of nitrogens with zero attached hydrogens (tertiary/aromatic N) is 1. The van der Waals surface area contributed by atoms with Crippen LogP contribution in [0.4, 0.5) is 17.2 Å². The van der Waals surface area contributed by atoms with Crippen LogP contribution in [0.2, 0.25) is 0 Å². The lowest BCUT2D eigenvalue weighted by molar-refractivity contribution is 0.687. The maximum Gasteiger partial charge on any atom is 0.153 e. The van der Waals surface area contributed by atoms with Crippen LogP contribution in [-0.2, 0) is 12.8 Å². The first-order valence-corrected chi connectivity index (χ1v) is 6.43. The van der Waals surface area contributed by atoms with Crippen molar-refractivity contribution in [2.75, 3.05) is 11.1 Å². The summed E-state index contributed by atoms with van der Waals surface area (Å²) in [7, 11) is 0. The second-order valence-corrected chi connectivity index (χ2v) is 4.72. The summed E-state index contributed by atoms with van der Waals surface area (Å²) in [6.45, 7) is 0. The van der Waals surface area contributed by atoms with E-state index in [1.165, 1.54) is 30.4 Å². The summed E-state index contributed by atoms with van der Waals surface area (Å²) in [6.07, 6.45) is 6.65. The molecule has 0 bridgehead atoms. The number of nitrogens with one attached hydrogen (secondary N) is 1. The molecule has 0 radical (unpaired) electrons. The SMILES string of the molecule is Nc1cccnc1Nc1cccc2c1CCCC2. The van der Waals surface area contributed by atoms with Gasteiger partial charge in [0.15, 0.2) is 5.82 Å². The largest absolute Gasteiger partial charge is 0.396 e. The van der Waals surface area contributed by atoms with Crippen LogP contribution >= 0.6 is 0 Å². The summed E-state index contributed by atoms with van der Waals surface area (Å²) in [6, 6.07) is 10.1. The highest BCUT2D eigenvalue weighted by Crippen LogP contribution is 2.30. The van der Waals surface area contributed by atoms with Gasteiger partial charge in [-0.15, -0.1) is 0 Å². The fraction of sp³-hybridized carbons (Fsp3) is 0.267. The van der Waals surface area contributed by atoms with Crippen molar-refractivity contribution in [3.05, 3.63) is 47.7 Å². The van der Waals surface area contributed by atoms with Gasteiger partial charge in [-0.1, -0.05) is 12.1 Å². The van der Waals surface area contributed by atoms with E-state index in [2.05, 4.69) is 28.5 Å². The molecule has 3 nitrogen and oxygen atoms in total. The molecule has 0 saturated carbocycles. The minimum absolute atomic E-state index is 0.686. The molecule has 0 saturated heterocycles. The van der Waals surface area contributed by atoms with Crippen molar-refractivity contribution in [2.45, 2.75) is 25.7 Å². The van der Waals surface area contributed by atoms with Gasteiger partial charge in [0.1, 0.15) is 0 Å². The molecular formula is C15H17N3. The molecule has 0 atom stereocenters. The number of benzene rings is 1. The average Bonchev–Trinajstić information content (AvgIpc) is 2.42. The normalized spacial score (nSPS) is 14.0. The third kappa shape index (κ3) is 2.04. The lowest BCUT2D eigenvalue weighted by Gasteiger charge is -2.20. The van der Waals surface area contributed by atoms with Gasteiger partial charge in [-0.05, 0) is 55.0 Å². The molecule has 1 aromatic carbocycles. The van der Waals surface area contributed by atoms with Gasteiger partial charge < -0.3 is 11.1 Å². The molecule has 1 aliphatic rings. The van der Waals surface area contributed by atoms with E-state index in [4.69, 9.17) is 5.73 Å². The third-order valence-corrected chi connectivity index (χ3v) is 3.49. The Hall–Kier alpha value is -2.03. The van der Waals surface area contributed by atoms with Crippen LogP contribution in [0, 0.1) is 0 Å². The zero-order valence-electron chi connectivity index (χ0n) is 10.3. The Morgan fingerprint density at radius 1 is 1.06 bits per heavy atom. The number of hydrogen-bond donors (Lipinski definition) is 2. The van der Waals surface area contributed by atoms with Crippen molar-refractivity contribution in [3.8, 4) is 0 Å². The van der Waals surface area contributed by atoms with Crippen molar-refractivity contribution < 1.29 is 0 Å². The lowest BCUT2D eigenvalue weighted by Crippen LogP contribution is -2.07. The van der Waals surface area contributed by atoms with Crippen molar-refractivity contribution in [2.24, 2.45) is 0 Å². The number of pyridine rings is 1. The molecule has 0 unspecified atom stereocenters. The topological polar surface area (TPSA) is 50.9 Å². The molecule has 0 aliphatic heterocycles. The molecule has 1 heterocycles. The van der Waals surface area contributed by atoms with E-state index in [0.29, 0.717) is 5.69 Å². The average molecular weight is 239 g/mol. The van der Waals surface area contributed by atoms with Crippen molar-refractivity contribution >= 4 is 17.2 Å². The van der Waals surface area contributed by atoms with Crippen LogP contribution < -0.4 is 11.1 Å². The number of anilines is 3. The molecule has 0 fully saturated rings. The Balaban J connectivity index is 1.96. The van der Waals surface area contributed by atoms with Gasteiger partial charge in [-0.3, -0.25) is 0 Å². The van der Waals surface area contributed by atoms with Gasteiger partial charge in [-0.25, -0.2) is 4.98 Å². The van der Waals surface area contributed by atoms with E-state index in [-0.39, 0.29) is 0 Å². The van der Waals surface area contributed by atoms with Gasteiger partial charge in [0.25, 0.3) is 0 Å². The second kappa shape index (κ2) is 4.69. The molecule has 2 aromatic rings. The van der Waals surface area contributed by atoms with Crippen LogP contribution in [0.15, 0.2) is 36.5 Å². The molecule has 3 heteroatoms. The molecule has 3 N–H and O–H groups in total. The number of fused-ring (bicyclic) bond motifs is 1. The van der Waals surface area contributed by atoms with Crippen LogP contribution in [0.1, 0.15) is 24.0 Å². The summed E-state index contributed by atoms with van der Waals surface area (Å²) < 4.78 is 0. The van der Waals surface area contributed by atoms with E-state index in [0.717, 1.165) is 17.9 Å². The first kappa shape index (κ1) is 11.1. The summed E-state index contributed by atoms with van der Waals surface area (Å²) in [4.78, 5) is 4.29. The van der Waals surface area contributed by atoms with Crippen LogP contribution in [-0.4, -0.2) is 4.98 Å². The number of hydrogen-bond acceptors (Lipinski definition) is 3. The highest BCUT2D eigenvalue weighted by atomic mass is 15.0. The van der Waals surface area contributed by atoms with Crippen molar-refractivity contribution in [1.29, 1.82) is 0 Å². The standard InChI is InChI=1S/C15H17N3/c16-13-8-4-10-17-15(13)18-14-9-3-6-11-5-1-2-7-12(11)14/h3-4,6,8-10H,1-2,5,7,16H2,(H,17,18). The number of aryl methyl sites for hydroxylation is 1. The van der Waals surface area contributed by atoms with Gasteiger partial charge >= 0.3 is 0 Å². The highest BCUT2D eigenvalue weighted by Gasteiger charge is 2.13. The molecule has 1 aromatic heterocycles. The fourth-order valence-corrected chi connectivity index (χ4v) is 2.55. The van der Waals surface area contributed by atoms with Crippen molar-refractivity contribution in [1.82, 2.24) is 4.98 Å². The predicted octanol–water partition coefficient (Wildman–Crippen LogP) is 3.29. The van der Waals surface area contributed by atoms with E-state index in [1.807, 2.05) is 12.1 Å². The number of nitrogen functional groups attached to an aromatic ring is 1. The maximum atomic E-state index is 5.92. The smallest absolute Gasteiger partial charge is 0.153 e. The minimum atomic E-state index is 0.686. The minimum Gasteiger partial charge on any atom is -0.396 e. The lowest BCUT2D eigenvalue weighted by atomic mass is 9.90. The molecular weight excluding hydrogens is 222 g/mol. The predicted molar refractivity (Wildman–Crippen MR) is 75.0 cm³/mol. The fourth-order valence-electron chi connectivity index (χ4n) is 2.55. The Labute approximate surface area is 107 Å². The molecule has 0 spiro atoms. The Kier molecular flexibility index (Phi) is 2.89. The number of rotatable bonds is 2. The van der Waals surface area contributed by atoms with Gasteiger partial charge in [0, 0.05) is 11.9 Å². The zero-order chi connectivity index (χ0) is 12.4. The van der Waals surface area contributed by atoms with E-state index >= 15 is 0 Å². The number of aromatic nitrogens is 1. The van der Waals surface area contributed by atoms with Gasteiger partial charge in [0.2, 0.25) is 0 Å². The zero-order valence-corrected chi connectivity index (χ0v) is 10.3. The van der Waals surface area contributed by atoms with E-state index in [9.17, 15) is 0 Å². The summed E-state index contributed by atoms with van der Waals surface area (Å²) >= 11 is 0. The highest BCUT2D eigenvalue weighted by molar-refractivity contribution is 5.71. The Morgan fingerprint density at radius 3 is 2.83 bits per heavy atom. The van der Waals surface area contributed by atoms with Crippen LogP contribution in [0.5, 0.6) is 0 Å². The monoisotopic (exact) mass is 239 g/mol. The summed E-state index contributed by atoms with van der Waals surface area (Å²) in [5.41, 5.74) is 10.6. The van der Waals surface area contributed by atoms with E-state index < -0.39 is 0 Å².